The predicted octanol–water partition coefficient (Wildman–Crippen LogP) is 5.07. The van der Waals surface area contributed by atoms with Gasteiger partial charge < -0.3 is 14.5 Å². The summed E-state index contributed by atoms with van der Waals surface area (Å²) in [5.74, 6) is 1.76. The van der Waals surface area contributed by atoms with E-state index in [-0.39, 0.29) is 16.8 Å². The van der Waals surface area contributed by atoms with E-state index in [9.17, 15) is 9.59 Å². The van der Waals surface area contributed by atoms with Crippen LogP contribution in [0.4, 0.5) is 0 Å². The number of hydrogen-bond donors (Lipinski definition) is 1. The smallest absolute Gasteiger partial charge is 0.264 e. The number of methoxy groups -OCH3 is 2. The normalized spacial score (nSPS) is 14.5. The lowest BCUT2D eigenvalue weighted by Gasteiger charge is -2.32. The van der Waals surface area contributed by atoms with Gasteiger partial charge in [0.25, 0.3) is 5.56 Å². The molecule has 0 spiro atoms. The van der Waals surface area contributed by atoms with Gasteiger partial charge in [-0.25, -0.2) is 4.98 Å². The van der Waals surface area contributed by atoms with Crippen molar-refractivity contribution in [2.45, 2.75) is 26.7 Å². The predicted molar refractivity (Wildman–Crippen MR) is 135 cm³/mol. The number of ether oxygens (including phenoxy) is 2. The minimum atomic E-state index is -0.277. The highest BCUT2D eigenvalue weighted by atomic mass is 16.5. The van der Waals surface area contributed by atoms with Gasteiger partial charge in [0.05, 0.1) is 37.4 Å². The summed E-state index contributed by atoms with van der Waals surface area (Å²) in [5, 5.41) is 0. The van der Waals surface area contributed by atoms with E-state index in [1.807, 2.05) is 44.2 Å². The minimum Gasteiger partial charge on any atom is -0.497 e. The molecule has 7 nitrogen and oxygen atoms in total. The van der Waals surface area contributed by atoms with E-state index in [0.29, 0.717) is 58.4 Å². The lowest BCUT2D eigenvalue weighted by atomic mass is 9.75. The van der Waals surface area contributed by atoms with Crippen molar-refractivity contribution >= 4 is 5.78 Å². The van der Waals surface area contributed by atoms with E-state index in [0.717, 1.165) is 5.56 Å². The molecule has 0 aliphatic heterocycles. The Hall–Kier alpha value is -4.13. The summed E-state index contributed by atoms with van der Waals surface area (Å²) in [6.45, 7) is 4.08. The molecule has 2 aromatic carbocycles. The van der Waals surface area contributed by atoms with Crippen LogP contribution < -0.4 is 15.0 Å². The van der Waals surface area contributed by atoms with Crippen molar-refractivity contribution in [3.63, 3.8) is 0 Å². The monoisotopic (exact) mass is 469 g/mol. The van der Waals surface area contributed by atoms with Crippen LogP contribution in [-0.2, 0) is 6.42 Å². The van der Waals surface area contributed by atoms with Gasteiger partial charge >= 0.3 is 0 Å². The van der Waals surface area contributed by atoms with Crippen molar-refractivity contribution in [1.82, 2.24) is 14.5 Å². The maximum atomic E-state index is 14.1. The molecule has 0 saturated carbocycles. The van der Waals surface area contributed by atoms with E-state index in [1.165, 1.54) is 0 Å². The van der Waals surface area contributed by atoms with Gasteiger partial charge in [0, 0.05) is 29.3 Å². The van der Waals surface area contributed by atoms with Crippen molar-refractivity contribution in [2.75, 3.05) is 14.2 Å². The highest BCUT2D eigenvalue weighted by molar-refractivity contribution is 5.99. The maximum absolute atomic E-state index is 14.1. The number of aromatic amines is 1. The van der Waals surface area contributed by atoms with Crippen LogP contribution in [0.3, 0.4) is 0 Å². The third-order valence-corrected chi connectivity index (χ3v) is 6.43. The molecule has 0 atom stereocenters. The molecule has 0 amide bonds. The first-order valence-electron chi connectivity index (χ1n) is 11.5. The summed E-state index contributed by atoms with van der Waals surface area (Å²) in [6, 6.07) is 16.7. The largest absolute Gasteiger partial charge is 0.497 e. The molecule has 1 N–H and O–H groups in total. The molecule has 1 aliphatic carbocycles. The molecule has 7 heteroatoms. The maximum Gasteiger partial charge on any atom is 0.264 e. The van der Waals surface area contributed by atoms with Crippen LogP contribution in [0.5, 0.6) is 11.5 Å². The average Bonchev–Trinajstić information content (AvgIpc) is 3.33. The van der Waals surface area contributed by atoms with Gasteiger partial charge in [-0.1, -0.05) is 44.2 Å². The summed E-state index contributed by atoms with van der Waals surface area (Å²) in [6.07, 6.45) is 2.61. The van der Waals surface area contributed by atoms with E-state index in [2.05, 4.69) is 9.97 Å². The van der Waals surface area contributed by atoms with E-state index in [1.54, 1.807) is 49.2 Å². The first kappa shape index (κ1) is 22.7. The molecule has 178 valence electrons. The number of benzene rings is 2. The zero-order valence-corrected chi connectivity index (χ0v) is 20.2. The average molecular weight is 470 g/mol. The second-order valence-corrected chi connectivity index (χ2v) is 9.55. The Labute approximate surface area is 203 Å². The van der Waals surface area contributed by atoms with Gasteiger partial charge in [0.2, 0.25) is 0 Å². The molecular weight excluding hydrogens is 442 g/mol. The second kappa shape index (κ2) is 8.58. The number of rotatable bonds is 5. The molecule has 0 saturated heterocycles. The van der Waals surface area contributed by atoms with Gasteiger partial charge in [0.1, 0.15) is 17.3 Å². The minimum absolute atomic E-state index is 0.0101. The molecule has 2 aromatic heterocycles. The van der Waals surface area contributed by atoms with Crippen LogP contribution in [0.2, 0.25) is 0 Å². The van der Waals surface area contributed by atoms with Gasteiger partial charge in [-0.3, -0.25) is 14.2 Å². The number of nitrogens with zero attached hydrogens (tertiary/aromatic N) is 2. The number of ketones is 1. The fraction of sp³-hybridized carbons (Fsp3) is 0.250. The molecule has 4 aromatic rings. The van der Waals surface area contributed by atoms with Crippen LogP contribution in [-0.4, -0.2) is 34.5 Å². The van der Waals surface area contributed by atoms with E-state index in [4.69, 9.17) is 9.47 Å². The number of carbonyl (C=O) groups excluding carboxylic acids is 1. The Balaban J connectivity index is 1.79. The van der Waals surface area contributed by atoms with Crippen LogP contribution in [0.1, 0.15) is 36.3 Å². The second-order valence-electron chi connectivity index (χ2n) is 9.55. The quantitative estimate of drug-likeness (QED) is 0.441. The molecule has 1 aliphatic rings. The molecule has 35 heavy (non-hydrogen) atoms. The summed E-state index contributed by atoms with van der Waals surface area (Å²) >= 11 is 0. The highest BCUT2D eigenvalue weighted by Crippen LogP contribution is 2.38. The van der Waals surface area contributed by atoms with Crippen molar-refractivity contribution in [3.8, 4) is 39.8 Å². The number of pyridine rings is 1. The summed E-state index contributed by atoms with van der Waals surface area (Å²) in [4.78, 5) is 35.1. The van der Waals surface area contributed by atoms with Crippen molar-refractivity contribution < 1.29 is 14.3 Å². The number of imidazole rings is 1. The van der Waals surface area contributed by atoms with Crippen molar-refractivity contribution in [2.24, 2.45) is 5.41 Å². The molecule has 0 radical (unpaired) electrons. The summed E-state index contributed by atoms with van der Waals surface area (Å²) < 4.78 is 12.7. The van der Waals surface area contributed by atoms with Gasteiger partial charge in [-0.15, -0.1) is 0 Å². The van der Waals surface area contributed by atoms with Crippen molar-refractivity contribution in [3.05, 3.63) is 82.4 Å². The Bertz CT molecular complexity index is 1480. The molecule has 0 unspecified atom stereocenters. The van der Waals surface area contributed by atoms with E-state index < -0.39 is 0 Å². The Kier molecular flexibility index (Phi) is 5.55. The van der Waals surface area contributed by atoms with Gasteiger partial charge in [-0.05, 0) is 30.0 Å². The van der Waals surface area contributed by atoms with E-state index >= 15 is 0 Å². The fourth-order valence-electron chi connectivity index (χ4n) is 4.73. The number of fused-ring (bicyclic) bond motifs is 1. The van der Waals surface area contributed by atoms with Crippen LogP contribution in [0, 0.1) is 5.41 Å². The number of aromatic nitrogens is 3. The number of nitrogens with one attached hydrogen (secondary N) is 1. The van der Waals surface area contributed by atoms with Crippen molar-refractivity contribution in [1.29, 1.82) is 0 Å². The number of hydrogen-bond acceptors (Lipinski definition) is 5. The number of Topliss-reactive ketones (excluding diaryl/α,β-unsaturated/α-hetero) is 1. The number of carbonyl (C=O) groups is 1. The summed E-state index contributed by atoms with van der Waals surface area (Å²) in [5.41, 5.74) is 3.03. The first-order valence-corrected chi connectivity index (χ1v) is 11.5. The molecular formula is C28H27N3O4. The third kappa shape index (κ3) is 4.03. The lowest BCUT2D eigenvalue weighted by Crippen LogP contribution is -2.35. The topological polar surface area (TPSA) is 86.2 Å². The Morgan fingerprint density at radius 2 is 1.71 bits per heavy atom. The SMILES string of the molecule is COc1ccc(OC)c(-n2c3c(cc(-c4cnc(-c5ccccc5)[nH]4)c2=O)C(=O)CC(C)(C)C3)c1. The molecule has 0 fully saturated rings. The molecule has 0 bridgehead atoms. The molecule has 2 heterocycles. The van der Waals surface area contributed by atoms with Crippen LogP contribution in [0.15, 0.2) is 65.6 Å². The fourth-order valence-corrected chi connectivity index (χ4v) is 4.73. The first-order chi connectivity index (χ1) is 16.8. The summed E-state index contributed by atoms with van der Waals surface area (Å²) in [7, 11) is 3.13. The van der Waals surface area contributed by atoms with Crippen LogP contribution >= 0.6 is 0 Å². The highest BCUT2D eigenvalue weighted by Gasteiger charge is 2.35. The van der Waals surface area contributed by atoms with Gasteiger partial charge in [0.15, 0.2) is 5.78 Å². The standard InChI is InChI=1S/C28H27N3O4/c1-28(2)14-23-20(24(32)15-28)13-19(21-16-29-26(30-21)17-8-6-5-7-9-17)27(33)31(23)22-12-18(34-3)10-11-25(22)35-4/h5-13,16H,14-15H2,1-4H3,(H,29,30). The molecule has 5 rings (SSSR count). The number of H-pyrrole nitrogens is 1. The zero-order valence-electron chi connectivity index (χ0n) is 20.2. The Morgan fingerprint density at radius 1 is 0.943 bits per heavy atom. The van der Waals surface area contributed by atoms with Crippen LogP contribution in [0.25, 0.3) is 28.3 Å². The Morgan fingerprint density at radius 3 is 2.43 bits per heavy atom. The lowest BCUT2D eigenvalue weighted by molar-refractivity contribution is 0.0909. The van der Waals surface area contributed by atoms with Gasteiger partial charge in [-0.2, -0.15) is 0 Å². The zero-order chi connectivity index (χ0) is 24.7. The third-order valence-electron chi connectivity index (χ3n) is 6.43.